The van der Waals surface area contributed by atoms with Gasteiger partial charge in [0, 0.05) is 24.3 Å². The number of hydrogen-bond acceptors (Lipinski definition) is 4. The number of sulfonamides is 1. The van der Waals surface area contributed by atoms with Crippen molar-refractivity contribution in [2.45, 2.75) is 18.7 Å². The van der Waals surface area contributed by atoms with Crippen molar-refractivity contribution in [1.82, 2.24) is 4.72 Å². The minimum atomic E-state index is -3.47. The van der Waals surface area contributed by atoms with Crippen molar-refractivity contribution in [3.63, 3.8) is 0 Å². The van der Waals surface area contributed by atoms with Crippen LogP contribution in [0.1, 0.15) is 27.0 Å². The van der Waals surface area contributed by atoms with E-state index in [4.69, 9.17) is 4.74 Å². The van der Waals surface area contributed by atoms with Crippen LogP contribution in [0, 0.1) is 0 Å². The molecule has 1 heterocycles. The number of nitrogens with one attached hydrogen (secondary N) is 1. The molecule has 1 amide bonds. The van der Waals surface area contributed by atoms with Crippen LogP contribution < -0.4 is 14.4 Å². The van der Waals surface area contributed by atoms with Gasteiger partial charge in [-0.25, -0.2) is 13.1 Å². The Morgan fingerprint density at radius 2 is 1.74 bits per heavy atom. The number of amides is 1. The van der Waals surface area contributed by atoms with Crippen molar-refractivity contribution in [3.8, 4) is 5.75 Å². The molecule has 31 heavy (non-hydrogen) atoms. The summed E-state index contributed by atoms with van der Waals surface area (Å²) >= 11 is 0. The van der Waals surface area contributed by atoms with E-state index in [-0.39, 0.29) is 18.2 Å². The lowest BCUT2D eigenvalue weighted by Gasteiger charge is -2.18. The molecule has 0 atom stereocenters. The quantitative estimate of drug-likeness (QED) is 0.615. The molecular weight excluding hydrogens is 412 g/mol. The summed E-state index contributed by atoms with van der Waals surface area (Å²) < 4.78 is 32.7. The molecule has 0 fully saturated rings. The highest BCUT2D eigenvalue weighted by Crippen LogP contribution is 2.30. The highest BCUT2D eigenvalue weighted by atomic mass is 32.2. The number of methoxy groups -OCH3 is 1. The van der Waals surface area contributed by atoms with Crippen LogP contribution in [0.2, 0.25) is 0 Å². The van der Waals surface area contributed by atoms with Crippen LogP contribution in [0.3, 0.4) is 0 Å². The molecule has 1 N–H and O–H groups in total. The Morgan fingerprint density at radius 1 is 1.00 bits per heavy atom. The van der Waals surface area contributed by atoms with Crippen LogP contribution in [0.15, 0.2) is 72.8 Å². The van der Waals surface area contributed by atoms with Gasteiger partial charge in [-0.2, -0.15) is 0 Å². The Labute approximate surface area is 182 Å². The summed E-state index contributed by atoms with van der Waals surface area (Å²) in [6.07, 6.45) is 0.775. The van der Waals surface area contributed by atoms with Crippen molar-refractivity contribution in [3.05, 3.63) is 95.1 Å². The number of hydrogen-bond donors (Lipinski definition) is 1. The third-order valence-corrected chi connectivity index (χ3v) is 6.62. The summed E-state index contributed by atoms with van der Waals surface area (Å²) in [6.45, 7) is 0.774. The Balaban J connectivity index is 1.47. The van der Waals surface area contributed by atoms with E-state index in [1.165, 1.54) is 0 Å². The molecule has 3 aromatic rings. The zero-order chi connectivity index (χ0) is 21.8. The van der Waals surface area contributed by atoms with Gasteiger partial charge in [0.1, 0.15) is 5.75 Å². The van der Waals surface area contributed by atoms with Crippen molar-refractivity contribution in [1.29, 1.82) is 0 Å². The second-order valence-electron chi connectivity index (χ2n) is 7.46. The van der Waals surface area contributed by atoms with Gasteiger partial charge >= 0.3 is 0 Å². The van der Waals surface area contributed by atoms with E-state index in [1.807, 2.05) is 36.4 Å². The van der Waals surface area contributed by atoms with Gasteiger partial charge in [-0.1, -0.05) is 42.5 Å². The Kier molecular flexibility index (Phi) is 6.06. The first-order chi connectivity index (χ1) is 14.9. The molecule has 6 nitrogen and oxygen atoms in total. The zero-order valence-corrected chi connectivity index (χ0v) is 18.1. The number of benzene rings is 3. The van der Waals surface area contributed by atoms with Crippen LogP contribution in [0.25, 0.3) is 0 Å². The van der Waals surface area contributed by atoms with Crippen molar-refractivity contribution in [2.75, 3.05) is 18.6 Å². The van der Waals surface area contributed by atoms with E-state index in [0.717, 1.165) is 28.8 Å². The first-order valence-electron chi connectivity index (χ1n) is 10.0. The van der Waals surface area contributed by atoms with E-state index in [2.05, 4.69) is 4.72 Å². The summed E-state index contributed by atoms with van der Waals surface area (Å²) in [5.74, 6) is 0.549. The number of carbonyl (C=O) groups is 1. The van der Waals surface area contributed by atoms with Crippen LogP contribution >= 0.6 is 0 Å². The molecule has 0 radical (unpaired) electrons. The van der Waals surface area contributed by atoms with Gasteiger partial charge < -0.3 is 9.64 Å². The predicted molar refractivity (Wildman–Crippen MR) is 121 cm³/mol. The average molecular weight is 437 g/mol. The first kappa shape index (κ1) is 21.1. The molecule has 0 saturated heterocycles. The molecule has 0 aromatic heterocycles. The minimum absolute atomic E-state index is 0.0686. The molecule has 0 unspecified atom stereocenters. The Bertz CT molecular complexity index is 1180. The average Bonchev–Trinajstić information content (AvgIpc) is 3.21. The maximum Gasteiger partial charge on any atom is 0.258 e. The predicted octanol–water partition coefficient (Wildman–Crippen LogP) is 3.52. The van der Waals surface area contributed by atoms with Gasteiger partial charge in [0.25, 0.3) is 5.91 Å². The van der Waals surface area contributed by atoms with Crippen LogP contribution in [0.4, 0.5) is 5.69 Å². The van der Waals surface area contributed by atoms with Gasteiger partial charge in [0.05, 0.1) is 12.9 Å². The Morgan fingerprint density at radius 3 is 2.45 bits per heavy atom. The third-order valence-electron chi connectivity index (χ3n) is 5.32. The molecular formula is C24H24N2O4S. The van der Waals surface area contributed by atoms with Crippen molar-refractivity contribution in [2.24, 2.45) is 0 Å². The fourth-order valence-electron chi connectivity index (χ4n) is 3.67. The second kappa shape index (κ2) is 8.91. The van der Waals surface area contributed by atoms with Crippen LogP contribution in [-0.4, -0.2) is 28.0 Å². The summed E-state index contributed by atoms with van der Waals surface area (Å²) in [4.78, 5) is 14.8. The summed E-state index contributed by atoms with van der Waals surface area (Å²) in [5.41, 5.74) is 4.05. The fourth-order valence-corrected chi connectivity index (χ4v) is 4.79. The smallest absolute Gasteiger partial charge is 0.258 e. The number of carbonyl (C=O) groups excluding carboxylic acids is 1. The van der Waals surface area contributed by atoms with Crippen LogP contribution in [0.5, 0.6) is 5.75 Å². The van der Waals surface area contributed by atoms with Gasteiger partial charge in [0.15, 0.2) is 0 Å². The van der Waals surface area contributed by atoms with Gasteiger partial charge in [-0.15, -0.1) is 0 Å². The van der Waals surface area contributed by atoms with E-state index in [0.29, 0.717) is 17.9 Å². The lowest BCUT2D eigenvalue weighted by atomic mass is 10.1. The number of ether oxygens (including phenoxy) is 1. The minimum Gasteiger partial charge on any atom is -0.497 e. The molecule has 0 saturated carbocycles. The van der Waals surface area contributed by atoms with Crippen LogP contribution in [-0.2, 0) is 28.7 Å². The number of fused-ring (bicyclic) bond motifs is 1. The molecule has 0 aliphatic carbocycles. The highest BCUT2D eigenvalue weighted by Gasteiger charge is 2.26. The molecule has 1 aliphatic rings. The maximum atomic E-state index is 13.0. The van der Waals surface area contributed by atoms with E-state index < -0.39 is 10.0 Å². The highest BCUT2D eigenvalue weighted by molar-refractivity contribution is 7.88. The normalized spacial score (nSPS) is 13.1. The maximum absolute atomic E-state index is 13.0. The molecule has 0 bridgehead atoms. The molecule has 7 heteroatoms. The largest absolute Gasteiger partial charge is 0.497 e. The van der Waals surface area contributed by atoms with E-state index in [1.54, 1.807) is 48.4 Å². The van der Waals surface area contributed by atoms with Crippen molar-refractivity contribution < 1.29 is 17.9 Å². The molecule has 0 spiro atoms. The standard InChI is InChI=1S/C24H24N2O4S/c1-30-22-11-9-21(10-12-22)24(27)26-14-13-20-8-7-19(15-23(20)26)16-25-31(28,29)17-18-5-3-2-4-6-18/h2-12,15,25H,13-14,16-17H2,1H3. The zero-order valence-electron chi connectivity index (χ0n) is 17.2. The summed E-state index contributed by atoms with van der Waals surface area (Å²) in [5, 5.41) is 0. The summed E-state index contributed by atoms with van der Waals surface area (Å²) in [7, 11) is -1.88. The number of anilines is 1. The van der Waals surface area contributed by atoms with Gasteiger partial charge in [-0.05, 0) is 53.4 Å². The first-order valence-corrected chi connectivity index (χ1v) is 11.7. The van der Waals surface area contributed by atoms with Gasteiger partial charge in [-0.3, -0.25) is 4.79 Å². The monoisotopic (exact) mass is 436 g/mol. The molecule has 4 rings (SSSR count). The molecule has 1 aliphatic heterocycles. The lowest BCUT2D eigenvalue weighted by Crippen LogP contribution is -2.29. The molecule has 3 aromatic carbocycles. The number of rotatable bonds is 7. The fraction of sp³-hybridized carbons (Fsp3) is 0.208. The Hall–Kier alpha value is -3.16. The SMILES string of the molecule is COc1ccc(C(=O)N2CCc3ccc(CNS(=O)(=O)Cc4ccccc4)cc32)cc1. The number of nitrogens with zero attached hydrogens (tertiary/aromatic N) is 1. The lowest BCUT2D eigenvalue weighted by molar-refractivity contribution is 0.0989. The van der Waals surface area contributed by atoms with Gasteiger partial charge in [0.2, 0.25) is 10.0 Å². The third kappa shape index (κ3) is 4.95. The molecule has 160 valence electrons. The topological polar surface area (TPSA) is 75.7 Å². The van der Waals surface area contributed by atoms with E-state index in [9.17, 15) is 13.2 Å². The van der Waals surface area contributed by atoms with Crippen molar-refractivity contribution >= 4 is 21.6 Å². The summed E-state index contributed by atoms with van der Waals surface area (Å²) in [6, 6.07) is 21.9. The second-order valence-corrected chi connectivity index (χ2v) is 9.27. The van der Waals surface area contributed by atoms with E-state index >= 15 is 0 Å².